The highest BCUT2D eigenvalue weighted by atomic mass is 15.1. The number of nitrogens with zero attached hydrogens (tertiary/aromatic N) is 2. The Balaban J connectivity index is 1.66. The fraction of sp³-hybridized carbons (Fsp3) is 0.812. The lowest BCUT2D eigenvalue weighted by atomic mass is 10.0. The molecule has 3 unspecified atom stereocenters. The fourth-order valence-corrected chi connectivity index (χ4v) is 4.25. The van der Waals surface area contributed by atoms with Crippen molar-refractivity contribution in [3.05, 3.63) is 18.2 Å². The van der Waals surface area contributed by atoms with Crippen LogP contribution in [0.1, 0.15) is 45.4 Å². The van der Waals surface area contributed by atoms with Crippen LogP contribution < -0.4 is 5.32 Å². The zero-order valence-corrected chi connectivity index (χ0v) is 12.3. The highest BCUT2D eigenvalue weighted by molar-refractivity contribution is 5.09. The molecular formula is C16H27N3. The third-order valence-electron chi connectivity index (χ3n) is 5.07. The van der Waals surface area contributed by atoms with Crippen molar-refractivity contribution in [1.82, 2.24) is 14.9 Å². The first-order valence-electron chi connectivity index (χ1n) is 8.08. The summed E-state index contributed by atoms with van der Waals surface area (Å²) in [5.74, 6) is 4.26. The van der Waals surface area contributed by atoms with Crippen LogP contribution in [0.2, 0.25) is 0 Å². The summed E-state index contributed by atoms with van der Waals surface area (Å²) in [6.07, 6.45) is 10.8. The van der Waals surface area contributed by atoms with E-state index in [1.807, 2.05) is 6.20 Å². The molecule has 1 aromatic rings. The predicted molar refractivity (Wildman–Crippen MR) is 78.0 cm³/mol. The molecule has 0 saturated heterocycles. The van der Waals surface area contributed by atoms with Gasteiger partial charge in [-0.25, -0.2) is 4.98 Å². The maximum atomic E-state index is 4.58. The van der Waals surface area contributed by atoms with E-state index in [2.05, 4.69) is 34.9 Å². The van der Waals surface area contributed by atoms with Gasteiger partial charge in [0, 0.05) is 31.4 Å². The van der Waals surface area contributed by atoms with Gasteiger partial charge in [0.05, 0.1) is 0 Å². The van der Waals surface area contributed by atoms with Gasteiger partial charge in [-0.2, -0.15) is 0 Å². The zero-order chi connectivity index (χ0) is 13.2. The second-order valence-electron chi connectivity index (χ2n) is 6.24. The van der Waals surface area contributed by atoms with E-state index in [9.17, 15) is 0 Å². The van der Waals surface area contributed by atoms with Crippen molar-refractivity contribution in [3.8, 4) is 0 Å². The Morgan fingerprint density at radius 2 is 2.16 bits per heavy atom. The molecule has 19 heavy (non-hydrogen) atoms. The van der Waals surface area contributed by atoms with Crippen LogP contribution >= 0.6 is 0 Å². The fourth-order valence-electron chi connectivity index (χ4n) is 4.25. The second-order valence-corrected chi connectivity index (χ2v) is 6.24. The minimum atomic E-state index is 0.651. The number of imidazole rings is 1. The average molecular weight is 261 g/mol. The summed E-state index contributed by atoms with van der Waals surface area (Å²) in [5, 5.41) is 3.73. The number of hydrogen-bond donors (Lipinski definition) is 1. The van der Waals surface area contributed by atoms with Gasteiger partial charge in [0.2, 0.25) is 0 Å². The molecule has 0 spiro atoms. The molecule has 0 bridgehead atoms. The predicted octanol–water partition coefficient (Wildman–Crippen LogP) is 2.86. The Morgan fingerprint density at radius 1 is 1.37 bits per heavy atom. The van der Waals surface area contributed by atoms with Crippen LogP contribution in [-0.4, -0.2) is 22.1 Å². The quantitative estimate of drug-likeness (QED) is 0.818. The highest BCUT2D eigenvalue weighted by Crippen LogP contribution is 2.59. The summed E-state index contributed by atoms with van der Waals surface area (Å²) in [4.78, 5) is 4.58. The van der Waals surface area contributed by atoms with Gasteiger partial charge in [-0.05, 0) is 43.6 Å². The van der Waals surface area contributed by atoms with Gasteiger partial charge in [-0.15, -0.1) is 0 Å². The van der Waals surface area contributed by atoms with Gasteiger partial charge in [0.15, 0.2) is 0 Å². The van der Waals surface area contributed by atoms with Crippen LogP contribution in [-0.2, 0) is 13.0 Å². The molecule has 1 heterocycles. The van der Waals surface area contributed by atoms with Crippen LogP contribution in [0.15, 0.2) is 12.4 Å². The van der Waals surface area contributed by atoms with Crippen molar-refractivity contribution in [3.63, 3.8) is 0 Å². The molecule has 3 heteroatoms. The number of fused-ring (bicyclic) bond motifs is 1. The van der Waals surface area contributed by atoms with Gasteiger partial charge in [-0.1, -0.05) is 20.3 Å². The maximum absolute atomic E-state index is 4.58. The minimum Gasteiger partial charge on any atom is -0.335 e. The van der Waals surface area contributed by atoms with E-state index in [4.69, 9.17) is 0 Å². The molecule has 0 aromatic carbocycles. The first-order chi connectivity index (χ1) is 9.35. The third kappa shape index (κ3) is 2.58. The molecule has 2 saturated carbocycles. The molecule has 3 nitrogen and oxygen atoms in total. The summed E-state index contributed by atoms with van der Waals surface area (Å²) in [6, 6.07) is 0.651. The smallest absolute Gasteiger partial charge is 0.110 e. The number of likely N-dealkylation sites (N-methyl/N-ethyl adjacent to an activating group) is 1. The van der Waals surface area contributed by atoms with E-state index in [1.54, 1.807) is 0 Å². The summed E-state index contributed by atoms with van der Waals surface area (Å²) in [6.45, 7) is 6.64. The summed E-state index contributed by atoms with van der Waals surface area (Å²) in [7, 11) is 0. The van der Waals surface area contributed by atoms with E-state index in [-0.39, 0.29) is 0 Å². The van der Waals surface area contributed by atoms with Gasteiger partial charge in [-0.3, -0.25) is 0 Å². The Bertz CT molecular complexity index is 402. The number of aromatic nitrogens is 2. The van der Waals surface area contributed by atoms with Crippen LogP contribution in [0.25, 0.3) is 0 Å². The molecule has 0 radical (unpaired) electrons. The molecule has 0 aliphatic heterocycles. The number of nitrogens with one attached hydrogen (secondary N) is 1. The number of hydrogen-bond acceptors (Lipinski definition) is 2. The highest BCUT2D eigenvalue weighted by Gasteiger charge is 2.55. The number of aryl methyl sites for hydroxylation is 1. The Labute approximate surface area is 116 Å². The Morgan fingerprint density at radius 3 is 2.84 bits per heavy atom. The van der Waals surface area contributed by atoms with Crippen LogP contribution in [0.5, 0.6) is 0 Å². The first-order valence-corrected chi connectivity index (χ1v) is 8.08. The molecule has 3 atom stereocenters. The number of rotatable bonds is 7. The molecule has 0 amide bonds. The zero-order valence-electron chi connectivity index (χ0n) is 12.3. The van der Waals surface area contributed by atoms with Crippen LogP contribution in [0.3, 0.4) is 0 Å². The Kier molecular flexibility index (Phi) is 3.92. The van der Waals surface area contributed by atoms with Crippen molar-refractivity contribution in [2.45, 2.75) is 58.5 Å². The van der Waals surface area contributed by atoms with Crippen molar-refractivity contribution >= 4 is 0 Å². The first kappa shape index (κ1) is 13.2. The van der Waals surface area contributed by atoms with E-state index in [0.29, 0.717) is 6.04 Å². The lowest BCUT2D eigenvalue weighted by Gasteiger charge is -2.20. The van der Waals surface area contributed by atoms with Gasteiger partial charge in [0.1, 0.15) is 5.82 Å². The third-order valence-corrected chi connectivity index (χ3v) is 5.07. The molecule has 106 valence electrons. The average Bonchev–Trinajstić information content (AvgIpc) is 2.80. The summed E-state index contributed by atoms with van der Waals surface area (Å²) < 4.78 is 2.34. The second kappa shape index (κ2) is 5.66. The van der Waals surface area contributed by atoms with Crippen molar-refractivity contribution < 1.29 is 0 Å². The minimum absolute atomic E-state index is 0.651. The molecule has 2 fully saturated rings. The van der Waals surface area contributed by atoms with Crippen LogP contribution in [0, 0.1) is 17.8 Å². The summed E-state index contributed by atoms with van der Waals surface area (Å²) >= 11 is 0. The molecule has 1 aromatic heterocycles. The van der Waals surface area contributed by atoms with Crippen LogP contribution in [0.4, 0.5) is 0 Å². The maximum Gasteiger partial charge on any atom is 0.110 e. The summed E-state index contributed by atoms with van der Waals surface area (Å²) in [5.41, 5.74) is 0. The molecule has 3 rings (SSSR count). The molecule has 1 N–H and O–H groups in total. The van der Waals surface area contributed by atoms with Gasteiger partial charge in [0.25, 0.3) is 0 Å². The van der Waals surface area contributed by atoms with Crippen molar-refractivity contribution in [2.75, 3.05) is 6.54 Å². The van der Waals surface area contributed by atoms with Gasteiger partial charge < -0.3 is 9.88 Å². The normalized spacial score (nSPS) is 30.3. The molecule has 2 aliphatic carbocycles. The molecular weight excluding hydrogens is 234 g/mol. The van der Waals surface area contributed by atoms with Crippen molar-refractivity contribution in [2.24, 2.45) is 17.8 Å². The molecule has 2 aliphatic rings. The van der Waals surface area contributed by atoms with Gasteiger partial charge >= 0.3 is 0 Å². The lowest BCUT2D eigenvalue weighted by Crippen LogP contribution is -2.35. The lowest BCUT2D eigenvalue weighted by molar-refractivity contribution is 0.399. The topological polar surface area (TPSA) is 29.9 Å². The van der Waals surface area contributed by atoms with E-state index < -0.39 is 0 Å². The standard InChI is InChI=1S/C16H27N3/c1-3-9-19-10-8-18-15(19)11-14(17-4-2)16-12-6-5-7-13(12)16/h8,10,12-14,16-17H,3-7,9,11H2,1-2H3. The Hall–Kier alpha value is -0.830. The SMILES string of the molecule is CCCn1ccnc1CC(NCC)C1C2CCCC21. The largest absolute Gasteiger partial charge is 0.335 e. The van der Waals surface area contributed by atoms with E-state index in [0.717, 1.165) is 37.3 Å². The monoisotopic (exact) mass is 261 g/mol. The van der Waals surface area contributed by atoms with Crippen molar-refractivity contribution in [1.29, 1.82) is 0 Å². The van der Waals surface area contributed by atoms with E-state index >= 15 is 0 Å². The van der Waals surface area contributed by atoms with E-state index in [1.165, 1.54) is 31.5 Å².